The van der Waals surface area contributed by atoms with Gasteiger partial charge in [-0.25, -0.2) is 4.98 Å². The van der Waals surface area contributed by atoms with E-state index in [1.807, 2.05) is 30.3 Å². The van der Waals surface area contributed by atoms with Crippen molar-refractivity contribution in [3.05, 3.63) is 62.7 Å². The Balaban J connectivity index is 2.17. The van der Waals surface area contributed by atoms with Gasteiger partial charge in [0, 0.05) is 16.7 Å². The molecule has 1 aromatic carbocycles. The number of nitrogens with one attached hydrogen (secondary N) is 1. The van der Waals surface area contributed by atoms with Crippen molar-refractivity contribution in [2.45, 2.75) is 12.5 Å². The van der Waals surface area contributed by atoms with Gasteiger partial charge in [-0.15, -0.1) is 0 Å². The Bertz CT molecular complexity index is 622. The van der Waals surface area contributed by atoms with Gasteiger partial charge in [0.25, 0.3) is 0 Å². The number of pyridine rings is 1. The van der Waals surface area contributed by atoms with Gasteiger partial charge in [0.2, 0.25) is 5.82 Å². The molecular weight excluding hydrogens is 338 g/mol. The zero-order valence-corrected chi connectivity index (χ0v) is 12.7. The van der Waals surface area contributed by atoms with Gasteiger partial charge < -0.3 is 10.4 Å². The van der Waals surface area contributed by atoms with Gasteiger partial charge in [-0.1, -0.05) is 30.3 Å². The van der Waals surface area contributed by atoms with Crippen LogP contribution in [0.4, 0.5) is 11.5 Å². The molecule has 1 aromatic heterocycles. The highest BCUT2D eigenvalue weighted by molar-refractivity contribution is 9.10. The molecule has 1 unspecified atom stereocenters. The number of hydrogen-bond acceptors (Lipinski definition) is 5. The van der Waals surface area contributed by atoms with Crippen LogP contribution in [0.2, 0.25) is 0 Å². The van der Waals surface area contributed by atoms with E-state index in [0.29, 0.717) is 10.9 Å². The van der Waals surface area contributed by atoms with Crippen molar-refractivity contribution in [1.82, 2.24) is 4.98 Å². The third-order valence-electron chi connectivity index (χ3n) is 2.92. The Kier molecular flexibility index (Phi) is 5.24. The molecule has 0 spiro atoms. The highest BCUT2D eigenvalue weighted by Gasteiger charge is 2.19. The topological polar surface area (TPSA) is 88.3 Å². The number of aromatic nitrogens is 1. The van der Waals surface area contributed by atoms with Crippen molar-refractivity contribution in [2.24, 2.45) is 0 Å². The van der Waals surface area contributed by atoms with Crippen LogP contribution in [0.3, 0.4) is 0 Å². The quantitative estimate of drug-likeness (QED) is 0.617. The Morgan fingerprint density at radius 3 is 2.71 bits per heavy atom. The molecule has 7 heteroatoms. The average Bonchev–Trinajstić information content (AvgIpc) is 2.49. The Hall–Kier alpha value is -1.99. The maximum Gasteiger partial charge on any atom is 0.312 e. The summed E-state index contributed by atoms with van der Waals surface area (Å²) in [5, 5.41) is 23.4. The number of rotatable bonds is 6. The highest BCUT2D eigenvalue weighted by atomic mass is 79.9. The minimum atomic E-state index is -0.503. The van der Waals surface area contributed by atoms with Gasteiger partial charge in [-0.2, -0.15) is 0 Å². The van der Waals surface area contributed by atoms with Gasteiger partial charge in [0.1, 0.15) is 0 Å². The second-order valence-corrected chi connectivity index (χ2v) is 5.41. The van der Waals surface area contributed by atoms with Gasteiger partial charge in [0.05, 0.1) is 17.6 Å². The second-order valence-electron chi connectivity index (χ2n) is 4.49. The molecule has 0 aliphatic heterocycles. The molecule has 2 aromatic rings. The number of benzene rings is 1. The predicted molar refractivity (Wildman–Crippen MR) is 83.2 cm³/mol. The third-order valence-corrected chi connectivity index (χ3v) is 3.35. The molecule has 6 nitrogen and oxygen atoms in total. The molecule has 0 saturated carbocycles. The first-order valence-electron chi connectivity index (χ1n) is 6.31. The van der Waals surface area contributed by atoms with Crippen molar-refractivity contribution >= 4 is 27.4 Å². The minimum Gasteiger partial charge on any atom is -0.394 e. The van der Waals surface area contributed by atoms with E-state index in [9.17, 15) is 15.2 Å². The summed E-state index contributed by atoms with van der Waals surface area (Å²) >= 11 is 3.16. The standard InChI is InChI=1S/C14H14BrN3O3/c15-11-7-13(18(20)21)14(16-8-11)17-12(9-19)6-10-4-2-1-3-5-10/h1-5,7-8,12,19H,6,9H2,(H,16,17). The molecule has 0 amide bonds. The van der Waals surface area contributed by atoms with E-state index in [0.717, 1.165) is 5.56 Å². The molecular formula is C14H14BrN3O3. The van der Waals surface area contributed by atoms with E-state index < -0.39 is 4.92 Å². The van der Waals surface area contributed by atoms with Crippen LogP contribution in [0.25, 0.3) is 0 Å². The van der Waals surface area contributed by atoms with Crippen LogP contribution < -0.4 is 5.32 Å². The lowest BCUT2D eigenvalue weighted by atomic mass is 10.1. The first kappa shape index (κ1) is 15.4. The van der Waals surface area contributed by atoms with Gasteiger partial charge in [0.15, 0.2) is 0 Å². The Morgan fingerprint density at radius 2 is 2.10 bits per heavy atom. The molecule has 110 valence electrons. The van der Waals surface area contributed by atoms with Crippen molar-refractivity contribution < 1.29 is 10.0 Å². The molecule has 1 atom stereocenters. The molecule has 0 bridgehead atoms. The second kappa shape index (κ2) is 7.14. The van der Waals surface area contributed by atoms with E-state index in [1.54, 1.807) is 0 Å². The molecule has 0 aliphatic carbocycles. The summed E-state index contributed by atoms with van der Waals surface area (Å²) in [7, 11) is 0. The number of anilines is 1. The van der Waals surface area contributed by atoms with Crippen LogP contribution in [0, 0.1) is 10.1 Å². The summed E-state index contributed by atoms with van der Waals surface area (Å²) in [5.74, 6) is 0.151. The number of hydrogen-bond donors (Lipinski definition) is 2. The third kappa shape index (κ3) is 4.24. The normalized spacial score (nSPS) is 11.9. The van der Waals surface area contributed by atoms with Crippen molar-refractivity contribution in [1.29, 1.82) is 0 Å². The largest absolute Gasteiger partial charge is 0.394 e. The minimum absolute atomic E-state index is 0.129. The van der Waals surface area contributed by atoms with E-state index in [-0.39, 0.29) is 24.2 Å². The molecule has 0 radical (unpaired) electrons. The lowest BCUT2D eigenvalue weighted by molar-refractivity contribution is -0.384. The van der Waals surface area contributed by atoms with Gasteiger partial charge >= 0.3 is 5.69 Å². The average molecular weight is 352 g/mol. The molecule has 0 aliphatic rings. The maximum atomic E-state index is 11.0. The van der Waals surface area contributed by atoms with E-state index in [2.05, 4.69) is 26.2 Å². The fourth-order valence-electron chi connectivity index (χ4n) is 1.93. The number of nitrogens with zero attached hydrogens (tertiary/aromatic N) is 2. The van der Waals surface area contributed by atoms with E-state index in [1.165, 1.54) is 12.3 Å². The highest BCUT2D eigenvalue weighted by Crippen LogP contribution is 2.26. The molecule has 2 rings (SSSR count). The summed E-state index contributed by atoms with van der Waals surface area (Å²) in [4.78, 5) is 14.6. The molecule has 0 fully saturated rings. The van der Waals surface area contributed by atoms with Crippen molar-refractivity contribution in [3.8, 4) is 0 Å². The lowest BCUT2D eigenvalue weighted by Crippen LogP contribution is -2.27. The summed E-state index contributed by atoms with van der Waals surface area (Å²) < 4.78 is 0.531. The smallest absolute Gasteiger partial charge is 0.312 e. The number of halogens is 1. The van der Waals surface area contributed by atoms with E-state index >= 15 is 0 Å². The molecule has 2 N–H and O–H groups in total. The summed E-state index contributed by atoms with van der Waals surface area (Å²) in [6.45, 7) is -0.149. The maximum absolute atomic E-state index is 11.0. The number of aliphatic hydroxyl groups is 1. The first-order chi connectivity index (χ1) is 10.1. The molecule has 21 heavy (non-hydrogen) atoms. The van der Waals surface area contributed by atoms with Crippen LogP contribution in [-0.4, -0.2) is 27.7 Å². The summed E-state index contributed by atoms with van der Waals surface area (Å²) in [6.07, 6.45) is 2.03. The first-order valence-corrected chi connectivity index (χ1v) is 7.10. The van der Waals surface area contributed by atoms with Gasteiger partial charge in [-0.05, 0) is 27.9 Å². The van der Waals surface area contributed by atoms with Crippen LogP contribution in [0.1, 0.15) is 5.56 Å². The predicted octanol–water partition coefficient (Wildman–Crippen LogP) is 2.77. The van der Waals surface area contributed by atoms with Crippen LogP contribution in [-0.2, 0) is 6.42 Å². The van der Waals surface area contributed by atoms with Crippen LogP contribution in [0.15, 0.2) is 47.1 Å². The SMILES string of the molecule is O=[N+]([O-])c1cc(Br)cnc1NC(CO)Cc1ccccc1. The zero-order valence-electron chi connectivity index (χ0n) is 11.1. The summed E-state index contributed by atoms with van der Waals surface area (Å²) in [6, 6.07) is 10.6. The van der Waals surface area contributed by atoms with Crippen LogP contribution in [0.5, 0.6) is 0 Å². The molecule has 0 saturated heterocycles. The molecule has 1 heterocycles. The fourth-order valence-corrected chi connectivity index (χ4v) is 2.25. The Morgan fingerprint density at radius 1 is 1.38 bits per heavy atom. The van der Waals surface area contributed by atoms with Crippen LogP contribution >= 0.6 is 15.9 Å². The lowest BCUT2D eigenvalue weighted by Gasteiger charge is -2.17. The Labute approximate surface area is 130 Å². The number of aliphatic hydroxyl groups excluding tert-OH is 1. The zero-order chi connectivity index (χ0) is 15.2. The summed E-state index contributed by atoms with van der Waals surface area (Å²) in [5.41, 5.74) is 0.903. The van der Waals surface area contributed by atoms with Crippen molar-refractivity contribution in [3.63, 3.8) is 0 Å². The fraction of sp³-hybridized carbons (Fsp3) is 0.214. The van der Waals surface area contributed by atoms with E-state index in [4.69, 9.17) is 0 Å². The van der Waals surface area contributed by atoms with Gasteiger partial charge in [-0.3, -0.25) is 10.1 Å². The number of nitro groups is 1. The van der Waals surface area contributed by atoms with Crippen molar-refractivity contribution in [2.75, 3.05) is 11.9 Å². The monoisotopic (exact) mass is 351 g/mol.